The van der Waals surface area contributed by atoms with Crippen LogP contribution in [-0.2, 0) is 13.0 Å². The molecule has 1 heterocycles. The zero-order chi connectivity index (χ0) is 10.1. The number of fused-ring (bicyclic) bond motifs is 3. The second-order valence-corrected chi connectivity index (χ2v) is 3.92. The molecule has 72 valence electrons. The van der Waals surface area contributed by atoms with E-state index in [0.717, 1.165) is 4.68 Å². The predicted octanol–water partition coefficient (Wildman–Crippen LogP) is 1.50. The van der Waals surface area contributed by atoms with Crippen molar-refractivity contribution in [1.82, 2.24) is 9.78 Å². The van der Waals surface area contributed by atoms with E-state index < -0.39 is 11.8 Å². The minimum atomic E-state index is -2.78. The maximum Gasteiger partial charge on any atom is 0.293 e. The van der Waals surface area contributed by atoms with Gasteiger partial charge in [0.1, 0.15) is 11.8 Å². The molecule has 3 rings (SSSR count). The van der Waals surface area contributed by atoms with Gasteiger partial charge >= 0.3 is 0 Å². The van der Waals surface area contributed by atoms with Crippen LogP contribution in [0.25, 0.3) is 0 Å². The SMILES string of the molecule is Cn1nc(C#N)c2c1C(F)(F)C1CC21. The summed E-state index contributed by atoms with van der Waals surface area (Å²) in [5, 5.41) is 12.5. The van der Waals surface area contributed by atoms with Gasteiger partial charge in [0.25, 0.3) is 5.92 Å². The fourth-order valence-corrected chi connectivity index (χ4v) is 2.46. The third-order valence-corrected chi connectivity index (χ3v) is 3.13. The number of aryl methyl sites for hydroxylation is 1. The van der Waals surface area contributed by atoms with Gasteiger partial charge in [-0.3, -0.25) is 4.68 Å². The molecule has 2 unspecified atom stereocenters. The van der Waals surface area contributed by atoms with Crippen molar-refractivity contribution in [1.29, 1.82) is 5.26 Å². The lowest BCUT2D eigenvalue weighted by molar-refractivity contribution is -0.0301. The Hall–Kier alpha value is -1.44. The zero-order valence-electron chi connectivity index (χ0n) is 7.46. The maximum atomic E-state index is 13.6. The normalized spacial score (nSPS) is 30.7. The van der Waals surface area contributed by atoms with Gasteiger partial charge in [0, 0.05) is 18.5 Å². The van der Waals surface area contributed by atoms with Crippen LogP contribution in [0.15, 0.2) is 0 Å². The Morgan fingerprint density at radius 2 is 2.36 bits per heavy atom. The number of rotatable bonds is 0. The molecule has 2 aliphatic carbocycles. The number of halogens is 2. The van der Waals surface area contributed by atoms with Gasteiger partial charge in [0.2, 0.25) is 0 Å². The Morgan fingerprint density at radius 3 is 3.00 bits per heavy atom. The molecule has 0 bridgehead atoms. The Morgan fingerprint density at radius 1 is 1.64 bits per heavy atom. The standard InChI is InChI=1S/C9H7F2N3/c1-14-8-7(6(3-12)13-14)4-2-5(4)9(8,10)11/h4-5H,2H2,1H3. The molecule has 1 fully saturated rings. The predicted molar refractivity (Wildman–Crippen MR) is 42.7 cm³/mol. The van der Waals surface area contributed by atoms with Crippen LogP contribution in [0.4, 0.5) is 8.78 Å². The highest BCUT2D eigenvalue weighted by atomic mass is 19.3. The van der Waals surface area contributed by atoms with Crippen LogP contribution in [0.2, 0.25) is 0 Å². The van der Waals surface area contributed by atoms with E-state index in [-0.39, 0.29) is 17.3 Å². The lowest BCUT2D eigenvalue weighted by Crippen LogP contribution is -2.18. The Labute approximate surface area is 78.9 Å². The fourth-order valence-electron chi connectivity index (χ4n) is 2.46. The third kappa shape index (κ3) is 0.649. The quantitative estimate of drug-likeness (QED) is 0.629. The number of hydrogen-bond acceptors (Lipinski definition) is 2. The first kappa shape index (κ1) is 7.92. The highest BCUT2D eigenvalue weighted by Gasteiger charge is 2.66. The molecule has 0 radical (unpaired) electrons. The molecule has 2 aliphatic rings. The number of hydrogen-bond donors (Lipinski definition) is 0. The molecule has 1 aromatic rings. The van der Waals surface area contributed by atoms with Crippen LogP contribution in [0.1, 0.15) is 29.3 Å². The Balaban J connectivity index is 2.32. The average Bonchev–Trinajstić information content (AvgIpc) is 2.79. The summed E-state index contributed by atoms with van der Waals surface area (Å²) in [4.78, 5) is 0. The lowest BCUT2D eigenvalue weighted by atomic mass is 10.1. The highest BCUT2D eigenvalue weighted by molar-refractivity contribution is 5.49. The molecular weight excluding hydrogens is 188 g/mol. The summed E-state index contributed by atoms with van der Waals surface area (Å²) in [6.45, 7) is 0. The van der Waals surface area contributed by atoms with E-state index in [0.29, 0.717) is 12.0 Å². The van der Waals surface area contributed by atoms with Gasteiger partial charge in [0.05, 0.1) is 0 Å². The van der Waals surface area contributed by atoms with E-state index in [1.165, 1.54) is 7.05 Å². The molecular formula is C9H7F2N3. The Kier molecular flexibility index (Phi) is 1.12. The van der Waals surface area contributed by atoms with E-state index in [4.69, 9.17) is 5.26 Å². The smallest absolute Gasteiger partial charge is 0.265 e. The molecule has 3 nitrogen and oxygen atoms in total. The van der Waals surface area contributed by atoms with Gasteiger partial charge in [-0.15, -0.1) is 0 Å². The van der Waals surface area contributed by atoms with Crippen LogP contribution in [-0.4, -0.2) is 9.78 Å². The monoisotopic (exact) mass is 195 g/mol. The summed E-state index contributed by atoms with van der Waals surface area (Å²) in [6, 6.07) is 1.88. The minimum Gasteiger partial charge on any atom is -0.265 e. The molecule has 0 saturated heterocycles. The molecule has 0 amide bonds. The van der Waals surface area contributed by atoms with Gasteiger partial charge < -0.3 is 0 Å². The van der Waals surface area contributed by atoms with Gasteiger partial charge in [0.15, 0.2) is 5.69 Å². The number of nitriles is 1. The first-order valence-corrected chi connectivity index (χ1v) is 4.42. The van der Waals surface area contributed by atoms with Crippen molar-refractivity contribution in [2.75, 3.05) is 0 Å². The summed E-state index contributed by atoms with van der Waals surface area (Å²) in [5.74, 6) is -3.48. The van der Waals surface area contributed by atoms with Gasteiger partial charge in [-0.25, -0.2) is 0 Å². The molecule has 5 heteroatoms. The molecule has 1 aromatic heterocycles. The first-order chi connectivity index (χ1) is 6.57. The van der Waals surface area contributed by atoms with E-state index in [1.807, 2.05) is 6.07 Å². The number of alkyl halides is 2. The maximum absolute atomic E-state index is 13.6. The summed E-state index contributed by atoms with van der Waals surface area (Å²) in [7, 11) is 1.47. The molecule has 1 saturated carbocycles. The van der Waals surface area contributed by atoms with Crippen LogP contribution in [0, 0.1) is 17.2 Å². The van der Waals surface area contributed by atoms with Crippen molar-refractivity contribution < 1.29 is 8.78 Å². The molecule has 0 spiro atoms. The fraction of sp³-hybridized carbons (Fsp3) is 0.556. The summed E-state index contributed by atoms with van der Waals surface area (Å²) < 4.78 is 28.4. The summed E-state index contributed by atoms with van der Waals surface area (Å²) >= 11 is 0. The van der Waals surface area contributed by atoms with Crippen molar-refractivity contribution in [2.45, 2.75) is 18.3 Å². The van der Waals surface area contributed by atoms with Crippen LogP contribution < -0.4 is 0 Å². The molecule has 0 aliphatic heterocycles. The highest BCUT2D eigenvalue weighted by Crippen LogP contribution is 2.67. The zero-order valence-corrected chi connectivity index (χ0v) is 7.46. The van der Waals surface area contributed by atoms with Crippen molar-refractivity contribution in [3.63, 3.8) is 0 Å². The molecule has 14 heavy (non-hydrogen) atoms. The molecule has 2 atom stereocenters. The number of aromatic nitrogens is 2. The van der Waals surface area contributed by atoms with E-state index in [2.05, 4.69) is 5.10 Å². The lowest BCUT2D eigenvalue weighted by Gasteiger charge is -2.12. The van der Waals surface area contributed by atoms with E-state index in [9.17, 15) is 8.78 Å². The Bertz CT molecular complexity index is 469. The third-order valence-electron chi connectivity index (χ3n) is 3.13. The van der Waals surface area contributed by atoms with Gasteiger partial charge in [-0.2, -0.15) is 19.1 Å². The van der Waals surface area contributed by atoms with Gasteiger partial charge in [-0.1, -0.05) is 0 Å². The topological polar surface area (TPSA) is 41.6 Å². The van der Waals surface area contributed by atoms with Crippen molar-refractivity contribution in [3.8, 4) is 6.07 Å². The molecule has 0 N–H and O–H groups in total. The summed E-state index contributed by atoms with van der Waals surface area (Å²) in [5.41, 5.74) is 0.618. The van der Waals surface area contributed by atoms with Crippen molar-refractivity contribution in [2.24, 2.45) is 13.0 Å². The minimum absolute atomic E-state index is 0.0460. The largest absolute Gasteiger partial charge is 0.293 e. The van der Waals surface area contributed by atoms with E-state index >= 15 is 0 Å². The second kappa shape index (κ2) is 1.97. The second-order valence-electron chi connectivity index (χ2n) is 3.92. The first-order valence-electron chi connectivity index (χ1n) is 4.42. The van der Waals surface area contributed by atoms with Crippen molar-refractivity contribution >= 4 is 0 Å². The molecule has 0 aromatic carbocycles. The van der Waals surface area contributed by atoms with Gasteiger partial charge in [-0.05, 0) is 12.3 Å². The van der Waals surface area contributed by atoms with Crippen LogP contribution in [0.5, 0.6) is 0 Å². The number of nitrogens with zero attached hydrogens (tertiary/aromatic N) is 3. The summed E-state index contributed by atoms with van der Waals surface area (Å²) in [6.07, 6.45) is 0.500. The van der Waals surface area contributed by atoms with Crippen molar-refractivity contribution in [3.05, 3.63) is 17.0 Å². The van der Waals surface area contributed by atoms with Crippen LogP contribution >= 0.6 is 0 Å². The average molecular weight is 195 g/mol. The van der Waals surface area contributed by atoms with E-state index in [1.54, 1.807) is 0 Å². The van der Waals surface area contributed by atoms with Crippen LogP contribution in [0.3, 0.4) is 0 Å².